The van der Waals surface area contributed by atoms with E-state index in [1.54, 1.807) is 23.5 Å². The minimum atomic E-state index is -3.39. The second-order valence-electron chi connectivity index (χ2n) is 7.60. The van der Waals surface area contributed by atoms with Gasteiger partial charge in [-0.25, -0.2) is 13.4 Å². The Bertz CT molecular complexity index is 960. The van der Waals surface area contributed by atoms with Gasteiger partial charge in [0.05, 0.1) is 13.1 Å². The van der Waals surface area contributed by atoms with E-state index in [9.17, 15) is 13.2 Å². The van der Waals surface area contributed by atoms with Crippen LogP contribution in [0.1, 0.15) is 30.1 Å². The maximum atomic E-state index is 12.7. The summed E-state index contributed by atoms with van der Waals surface area (Å²) in [7, 11) is -3.39. The highest BCUT2D eigenvalue weighted by Crippen LogP contribution is 2.22. The van der Waals surface area contributed by atoms with E-state index >= 15 is 0 Å². The van der Waals surface area contributed by atoms with Crippen LogP contribution < -0.4 is 14.8 Å². The molecule has 2 fully saturated rings. The van der Waals surface area contributed by atoms with Crippen LogP contribution >= 0.6 is 0 Å². The molecule has 2 aliphatic rings. The number of benzene rings is 1. The average Bonchev–Trinajstić information content (AvgIpc) is 3.30. The summed E-state index contributed by atoms with van der Waals surface area (Å²) >= 11 is 0. The van der Waals surface area contributed by atoms with Gasteiger partial charge in [-0.1, -0.05) is 0 Å². The van der Waals surface area contributed by atoms with Crippen LogP contribution in [-0.4, -0.2) is 57.8 Å². The Labute approximate surface area is 172 Å². The number of ketones is 1. The van der Waals surface area contributed by atoms with Gasteiger partial charge in [0.2, 0.25) is 10.0 Å². The number of Topliss-reactive ketones (excluding diaryl/α,β-unsaturated/α-hetero) is 1. The van der Waals surface area contributed by atoms with Crippen LogP contribution in [0.4, 0.5) is 11.5 Å². The van der Waals surface area contributed by atoms with Crippen LogP contribution in [0.5, 0.6) is 0 Å². The maximum Gasteiger partial charge on any atom is 0.274 e. The number of hydrogen-bond donors (Lipinski definition) is 0. The Morgan fingerprint density at radius 1 is 0.862 bits per heavy atom. The van der Waals surface area contributed by atoms with Crippen LogP contribution in [0, 0.1) is 0 Å². The highest BCUT2D eigenvalue weighted by atomic mass is 32.2. The second kappa shape index (κ2) is 8.12. The van der Waals surface area contributed by atoms with Crippen molar-refractivity contribution in [2.24, 2.45) is 0 Å². The number of anilines is 2. The summed E-state index contributed by atoms with van der Waals surface area (Å²) in [6.45, 7) is 6.19. The van der Waals surface area contributed by atoms with Crippen molar-refractivity contribution in [2.45, 2.75) is 24.7 Å². The van der Waals surface area contributed by atoms with Crippen LogP contribution in [-0.2, 0) is 10.0 Å². The van der Waals surface area contributed by atoms with Gasteiger partial charge in [-0.3, -0.25) is 9.69 Å². The molecule has 29 heavy (non-hydrogen) atoms. The molecular weight excluding hydrogens is 388 g/mol. The third-order valence-corrected chi connectivity index (χ3v) is 7.62. The number of sulfonamides is 1. The van der Waals surface area contributed by atoms with Gasteiger partial charge in [-0.2, -0.15) is 4.31 Å². The molecule has 0 atom stereocenters. The first kappa shape index (κ1) is 19.8. The van der Waals surface area contributed by atoms with E-state index in [-0.39, 0.29) is 5.78 Å². The monoisotopic (exact) mass is 415 g/mol. The Hall–Kier alpha value is -2.45. The normalized spacial score (nSPS) is 18.2. The van der Waals surface area contributed by atoms with Gasteiger partial charge in [0.25, 0.3) is 5.82 Å². The zero-order valence-electron chi connectivity index (χ0n) is 16.7. The lowest BCUT2D eigenvalue weighted by Crippen LogP contribution is -2.48. The van der Waals surface area contributed by atoms with Crippen molar-refractivity contribution in [1.82, 2.24) is 4.31 Å². The van der Waals surface area contributed by atoms with E-state index in [1.165, 1.54) is 0 Å². The minimum Gasteiger partial charge on any atom is -0.364 e. The molecule has 0 aliphatic carbocycles. The van der Waals surface area contributed by atoms with Crippen molar-refractivity contribution in [2.75, 3.05) is 49.1 Å². The molecule has 0 saturated carbocycles. The number of pyridine rings is 1. The number of rotatable bonds is 5. The van der Waals surface area contributed by atoms with E-state index in [1.807, 2.05) is 30.3 Å². The molecule has 0 radical (unpaired) electrons. The topological polar surface area (TPSA) is 75.1 Å². The lowest BCUT2D eigenvalue weighted by Gasteiger charge is -2.32. The average molecular weight is 416 g/mol. The maximum absolute atomic E-state index is 12.7. The summed E-state index contributed by atoms with van der Waals surface area (Å²) in [5.41, 5.74) is 1.84. The molecule has 154 valence electrons. The van der Waals surface area contributed by atoms with Gasteiger partial charge < -0.3 is 4.90 Å². The van der Waals surface area contributed by atoms with E-state index in [0.717, 1.165) is 56.1 Å². The number of piperazine rings is 1. The van der Waals surface area contributed by atoms with Gasteiger partial charge in [0, 0.05) is 30.4 Å². The predicted molar refractivity (Wildman–Crippen MR) is 112 cm³/mol. The summed E-state index contributed by atoms with van der Waals surface area (Å²) in [4.78, 5) is 19.5. The Morgan fingerprint density at radius 3 is 2.03 bits per heavy atom. The highest BCUT2D eigenvalue weighted by molar-refractivity contribution is 7.89. The Morgan fingerprint density at radius 2 is 1.48 bits per heavy atom. The first-order valence-corrected chi connectivity index (χ1v) is 11.5. The molecule has 7 nitrogen and oxygen atoms in total. The van der Waals surface area contributed by atoms with Crippen LogP contribution in [0.3, 0.4) is 0 Å². The van der Waals surface area contributed by atoms with Crippen molar-refractivity contribution in [3.05, 3.63) is 48.2 Å². The van der Waals surface area contributed by atoms with E-state index < -0.39 is 10.0 Å². The summed E-state index contributed by atoms with van der Waals surface area (Å²) in [6.07, 6.45) is 3.47. The minimum absolute atomic E-state index is 0.0760. The molecule has 1 aromatic carbocycles. The molecule has 1 aromatic heterocycles. The smallest absolute Gasteiger partial charge is 0.274 e. The fraction of sp³-hybridized carbons (Fsp3) is 0.429. The number of aromatic amines is 1. The molecule has 2 aliphatic heterocycles. The lowest BCUT2D eigenvalue weighted by molar-refractivity contribution is -0.367. The standard InChI is InChI=1S/C21H26N4O3S/c1-17(26)18-4-6-19(7-5-18)23-12-14-24(15-13-23)21-9-8-20(16-22-21)29(27,28)25-10-2-3-11-25/h4-9,16H,2-3,10-15H2,1H3/p+1. The third kappa shape index (κ3) is 4.13. The molecular formula is C21H27N4O3S+. The van der Waals surface area contributed by atoms with Gasteiger partial charge in [0.1, 0.15) is 24.2 Å². The quantitative estimate of drug-likeness (QED) is 0.697. The molecule has 0 unspecified atom stereocenters. The molecule has 0 bridgehead atoms. The third-order valence-electron chi connectivity index (χ3n) is 5.73. The number of H-pyrrole nitrogens is 1. The number of nitrogens with one attached hydrogen (secondary N) is 1. The number of carbonyl (C=O) groups is 1. The summed E-state index contributed by atoms with van der Waals surface area (Å²) in [5, 5.41) is 0. The second-order valence-corrected chi connectivity index (χ2v) is 9.54. The SMILES string of the molecule is CC(=O)c1ccc(N2CCN(c3ccc(S(=O)(=O)N4CCCC4)c[nH+]3)CC2)cc1. The number of hydrogen-bond acceptors (Lipinski definition) is 5. The molecule has 8 heteroatoms. The van der Waals surface area contributed by atoms with Gasteiger partial charge >= 0.3 is 0 Å². The van der Waals surface area contributed by atoms with Gasteiger partial charge in [0.15, 0.2) is 5.78 Å². The van der Waals surface area contributed by atoms with Crippen molar-refractivity contribution >= 4 is 27.3 Å². The van der Waals surface area contributed by atoms with Crippen molar-refractivity contribution in [3.8, 4) is 0 Å². The van der Waals surface area contributed by atoms with Gasteiger partial charge in [-0.15, -0.1) is 0 Å². The van der Waals surface area contributed by atoms with Crippen LogP contribution in [0.2, 0.25) is 0 Å². The zero-order chi connectivity index (χ0) is 20.4. The van der Waals surface area contributed by atoms with Crippen molar-refractivity contribution in [3.63, 3.8) is 0 Å². The summed E-state index contributed by atoms with van der Waals surface area (Å²) in [6, 6.07) is 11.3. The van der Waals surface area contributed by atoms with E-state index in [4.69, 9.17) is 0 Å². The largest absolute Gasteiger partial charge is 0.364 e. The Balaban J connectivity index is 1.39. The molecule has 1 N–H and O–H groups in total. The van der Waals surface area contributed by atoms with Crippen LogP contribution in [0.15, 0.2) is 47.5 Å². The first-order valence-electron chi connectivity index (χ1n) is 10.1. The fourth-order valence-electron chi connectivity index (χ4n) is 3.95. The number of aromatic nitrogens is 1. The fourth-order valence-corrected chi connectivity index (χ4v) is 5.43. The van der Waals surface area contributed by atoms with Crippen LogP contribution in [0.25, 0.3) is 0 Å². The molecule has 0 spiro atoms. The molecule has 0 amide bonds. The molecule has 3 heterocycles. The molecule has 2 aromatic rings. The van der Waals surface area contributed by atoms with Gasteiger partial charge in [-0.05, 0) is 50.1 Å². The first-order chi connectivity index (χ1) is 13.9. The zero-order valence-corrected chi connectivity index (χ0v) is 17.5. The van der Waals surface area contributed by atoms with E-state index in [0.29, 0.717) is 18.0 Å². The Kier molecular flexibility index (Phi) is 5.56. The molecule has 2 saturated heterocycles. The molecule has 4 rings (SSSR count). The lowest BCUT2D eigenvalue weighted by atomic mass is 10.1. The highest BCUT2D eigenvalue weighted by Gasteiger charge is 2.29. The number of nitrogens with zero attached hydrogens (tertiary/aromatic N) is 3. The number of carbonyl (C=O) groups excluding carboxylic acids is 1. The predicted octanol–water partition coefficient (Wildman–Crippen LogP) is 1.81. The van der Waals surface area contributed by atoms with E-state index in [2.05, 4.69) is 14.8 Å². The van der Waals surface area contributed by atoms with Crippen molar-refractivity contribution < 1.29 is 18.2 Å². The summed E-state index contributed by atoms with van der Waals surface area (Å²) < 4.78 is 26.9. The van der Waals surface area contributed by atoms with Crippen molar-refractivity contribution in [1.29, 1.82) is 0 Å². The summed E-state index contributed by atoms with van der Waals surface area (Å²) in [5.74, 6) is 1.00.